The molecule has 1 aromatic rings. The Morgan fingerprint density at radius 3 is 2.46 bits per heavy atom. The smallest absolute Gasteiger partial charge is 0.130 e. The molecule has 0 radical (unpaired) electrons. The molecule has 0 bridgehead atoms. The lowest BCUT2D eigenvalue weighted by Gasteiger charge is -2.40. The summed E-state index contributed by atoms with van der Waals surface area (Å²) in [5.74, 6) is 0. The molecule has 0 saturated carbocycles. The van der Waals surface area contributed by atoms with Crippen LogP contribution in [0.1, 0.15) is 90.3 Å². The van der Waals surface area contributed by atoms with Crippen molar-refractivity contribution in [1.82, 2.24) is 15.5 Å². The Morgan fingerprint density at radius 2 is 1.89 bits per heavy atom. The molecule has 4 atom stereocenters. The van der Waals surface area contributed by atoms with E-state index < -0.39 is 0 Å². The summed E-state index contributed by atoms with van der Waals surface area (Å²) in [6.45, 7) is 24.3. The summed E-state index contributed by atoms with van der Waals surface area (Å²) in [4.78, 5) is 2.33. The zero-order chi connectivity index (χ0) is 27.8. The molecular weight excluding hydrogens is 456 g/mol. The van der Waals surface area contributed by atoms with E-state index in [0.717, 1.165) is 44.4 Å². The second-order valence-corrected chi connectivity index (χ2v) is 9.95. The fraction of sp³-hybridized carbons (Fsp3) is 0.625. The maximum Gasteiger partial charge on any atom is 0.130 e. The number of nitrogens with two attached hydrogens (primary N) is 1. The molecule has 5 heteroatoms. The molecule has 1 aromatic carbocycles. The number of ether oxygens (including phenoxy) is 1. The molecule has 4 unspecified atom stereocenters. The van der Waals surface area contributed by atoms with Crippen molar-refractivity contribution >= 4 is 0 Å². The Kier molecular flexibility index (Phi) is 15.5. The van der Waals surface area contributed by atoms with Gasteiger partial charge in [-0.1, -0.05) is 71.2 Å². The topological polar surface area (TPSA) is 62.5 Å². The van der Waals surface area contributed by atoms with Crippen LogP contribution in [0.2, 0.25) is 0 Å². The van der Waals surface area contributed by atoms with E-state index in [4.69, 9.17) is 10.5 Å². The highest BCUT2D eigenvalue weighted by Gasteiger charge is 2.51. The first-order valence-corrected chi connectivity index (χ1v) is 14.4. The van der Waals surface area contributed by atoms with Gasteiger partial charge in [-0.15, -0.1) is 6.58 Å². The predicted molar refractivity (Wildman–Crippen MR) is 161 cm³/mol. The molecule has 5 nitrogen and oxygen atoms in total. The second-order valence-electron chi connectivity index (χ2n) is 9.95. The lowest BCUT2D eigenvalue weighted by atomic mass is 9.74. The Bertz CT molecular complexity index is 804. The van der Waals surface area contributed by atoms with E-state index in [2.05, 4.69) is 80.3 Å². The number of rotatable bonds is 12. The van der Waals surface area contributed by atoms with Crippen LogP contribution < -0.4 is 16.4 Å². The Labute approximate surface area is 228 Å². The number of nitrogens with zero attached hydrogens (tertiary/aromatic N) is 1. The molecular formula is C32H56N4O. The zero-order valence-corrected chi connectivity index (χ0v) is 24.7. The van der Waals surface area contributed by atoms with Crippen molar-refractivity contribution in [2.24, 2.45) is 11.1 Å². The Morgan fingerprint density at radius 1 is 1.24 bits per heavy atom. The molecule has 1 aliphatic carbocycles. The van der Waals surface area contributed by atoms with Crippen LogP contribution in [0.4, 0.5) is 0 Å². The van der Waals surface area contributed by atoms with E-state index >= 15 is 0 Å². The standard InChI is InChI=1S/C27H43N3O.C3H7N.C2H6/c1-7-27(8-2)19-25(31-18-17-20(4)28-6)30(9-3)26(27)21(5)29-24-16-12-14-22-13-10-11-15-23(22)24;1-2-3-4;1-2/h9-11,13,15,20,24-26,28-29H,3,5,7-8,12,14,16-19H2,1-2,4,6H3;2H,1,3-4H2;1-2H3. The van der Waals surface area contributed by atoms with Crippen molar-refractivity contribution in [1.29, 1.82) is 0 Å². The Hall–Kier alpha value is -2.08. The van der Waals surface area contributed by atoms with Gasteiger partial charge in [0.1, 0.15) is 6.23 Å². The van der Waals surface area contributed by atoms with E-state index in [1.54, 1.807) is 6.08 Å². The van der Waals surface area contributed by atoms with Gasteiger partial charge in [-0.2, -0.15) is 0 Å². The third-order valence-electron chi connectivity index (χ3n) is 7.99. The number of hydrogen-bond acceptors (Lipinski definition) is 5. The van der Waals surface area contributed by atoms with Gasteiger partial charge in [0, 0.05) is 30.1 Å². The van der Waals surface area contributed by atoms with Gasteiger partial charge in [0.05, 0.1) is 18.7 Å². The van der Waals surface area contributed by atoms with Crippen LogP contribution in [-0.4, -0.2) is 43.4 Å². The van der Waals surface area contributed by atoms with Crippen LogP contribution in [0.15, 0.2) is 62.0 Å². The molecule has 0 amide bonds. The molecule has 37 heavy (non-hydrogen) atoms. The van der Waals surface area contributed by atoms with Crippen molar-refractivity contribution in [2.45, 2.75) is 104 Å². The van der Waals surface area contributed by atoms with Crippen molar-refractivity contribution in [3.05, 3.63) is 73.1 Å². The Balaban J connectivity index is 0.00000104. The molecule has 3 rings (SSSR count). The SMILES string of the molecule is C=CCN.C=CN1C(OCCC(C)NC)CC(CC)(CC)C1C(=C)NC1CCCc2ccccc21.CC. The lowest BCUT2D eigenvalue weighted by Crippen LogP contribution is -2.44. The molecule has 1 saturated heterocycles. The second kappa shape index (κ2) is 17.4. The third-order valence-corrected chi connectivity index (χ3v) is 7.99. The van der Waals surface area contributed by atoms with Crippen LogP contribution in [0.25, 0.3) is 0 Å². The average Bonchev–Trinajstić information content (AvgIpc) is 3.28. The minimum absolute atomic E-state index is 0.0589. The number of hydrogen-bond donors (Lipinski definition) is 3. The van der Waals surface area contributed by atoms with E-state index in [-0.39, 0.29) is 17.7 Å². The summed E-state index contributed by atoms with van der Waals surface area (Å²) >= 11 is 0. The van der Waals surface area contributed by atoms with Gasteiger partial charge >= 0.3 is 0 Å². The third kappa shape index (κ3) is 8.73. The van der Waals surface area contributed by atoms with Crippen LogP contribution in [-0.2, 0) is 11.2 Å². The first-order valence-electron chi connectivity index (χ1n) is 14.4. The van der Waals surface area contributed by atoms with E-state index in [9.17, 15) is 0 Å². The highest BCUT2D eigenvalue weighted by atomic mass is 16.5. The molecule has 2 aliphatic rings. The minimum atomic E-state index is 0.0589. The lowest BCUT2D eigenvalue weighted by molar-refractivity contribution is -0.0244. The molecule has 210 valence electrons. The van der Waals surface area contributed by atoms with Gasteiger partial charge in [-0.25, -0.2) is 0 Å². The predicted octanol–water partition coefficient (Wildman–Crippen LogP) is 6.69. The number of likely N-dealkylation sites (tertiary alicyclic amines) is 1. The van der Waals surface area contributed by atoms with Crippen LogP contribution >= 0.6 is 0 Å². The maximum absolute atomic E-state index is 6.41. The number of benzene rings is 1. The molecule has 1 aliphatic heterocycles. The summed E-state index contributed by atoms with van der Waals surface area (Å²) in [7, 11) is 2.00. The highest BCUT2D eigenvalue weighted by Crippen LogP contribution is 2.49. The van der Waals surface area contributed by atoms with Crippen molar-refractivity contribution in [3.8, 4) is 0 Å². The summed E-state index contributed by atoms with van der Waals surface area (Å²) < 4.78 is 6.41. The minimum Gasteiger partial charge on any atom is -0.380 e. The molecule has 1 heterocycles. The monoisotopic (exact) mass is 512 g/mol. The summed E-state index contributed by atoms with van der Waals surface area (Å²) in [6, 6.07) is 9.86. The van der Waals surface area contributed by atoms with Crippen molar-refractivity contribution in [2.75, 3.05) is 20.2 Å². The number of fused-ring (bicyclic) bond motifs is 1. The first-order chi connectivity index (χ1) is 17.9. The fourth-order valence-corrected chi connectivity index (χ4v) is 5.62. The molecule has 4 N–H and O–H groups in total. The van der Waals surface area contributed by atoms with Gasteiger partial charge in [-0.05, 0) is 69.8 Å². The van der Waals surface area contributed by atoms with Crippen LogP contribution in [0, 0.1) is 5.41 Å². The van der Waals surface area contributed by atoms with Gasteiger partial charge in [0.25, 0.3) is 0 Å². The van der Waals surface area contributed by atoms with Gasteiger partial charge < -0.3 is 26.0 Å². The normalized spacial score (nSPS) is 22.4. The quantitative estimate of drug-likeness (QED) is 0.272. The molecule has 1 fully saturated rings. The summed E-state index contributed by atoms with van der Waals surface area (Å²) in [5, 5.41) is 7.16. The van der Waals surface area contributed by atoms with E-state index in [1.165, 1.54) is 24.0 Å². The van der Waals surface area contributed by atoms with E-state index in [1.807, 2.05) is 27.1 Å². The van der Waals surface area contributed by atoms with Crippen LogP contribution in [0.5, 0.6) is 0 Å². The largest absolute Gasteiger partial charge is 0.380 e. The summed E-state index contributed by atoms with van der Waals surface area (Å²) in [6.07, 6.45) is 11.5. The van der Waals surface area contributed by atoms with Gasteiger partial charge in [0.15, 0.2) is 0 Å². The van der Waals surface area contributed by atoms with Crippen LogP contribution in [0.3, 0.4) is 0 Å². The maximum atomic E-state index is 6.41. The highest BCUT2D eigenvalue weighted by molar-refractivity contribution is 5.33. The van der Waals surface area contributed by atoms with Crippen molar-refractivity contribution < 1.29 is 4.74 Å². The number of nitrogens with one attached hydrogen (secondary N) is 2. The fourth-order valence-electron chi connectivity index (χ4n) is 5.62. The van der Waals surface area contributed by atoms with E-state index in [0.29, 0.717) is 18.6 Å². The average molecular weight is 513 g/mol. The van der Waals surface area contributed by atoms with Gasteiger partial charge in [-0.3, -0.25) is 0 Å². The summed E-state index contributed by atoms with van der Waals surface area (Å²) in [5.41, 5.74) is 9.08. The number of aryl methyl sites for hydroxylation is 1. The van der Waals surface area contributed by atoms with Gasteiger partial charge in [0.2, 0.25) is 0 Å². The zero-order valence-electron chi connectivity index (χ0n) is 24.7. The van der Waals surface area contributed by atoms with Crippen molar-refractivity contribution in [3.63, 3.8) is 0 Å². The molecule has 0 aromatic heterocycles. The molecule has 0 spiro atoms. The first kappa shape index (κ1) is 32.9.